The van der Waals surface area contributed by atoms with Gasteiger partial charge < -0.3 is 0 Å². The average molecular weight is 205 g/mol. The van der Waals surface area contributed by atoms with Gasteiger partial charge in [-0.3, -0.25) is 4.90 Å². The smallest absolute Gasteiger partial charge is 0.0166 e. The molecule has 1 saturated heterocycles. The van der Waals surface area contributed by atoms with Crippen molar-refractivity contribution in [3.63, 3.8) is 0 Å². The van der Waals surface area contributed by atoms with Crippen LogP contribution in [0.5, 0.6) is 0 Å². The second-order valence-electron chi connectivity index (χ2n) is 4.32. The van der Waals surface area contributed by atoms with Crippen LogP contribution in [0.3, 0.4) is 0 Å². The zero-order chi connectivity index (χ0) is 10.9. The van der Waals surface area contributed by atoms with E-state index < -0.39 is 0 Å². The summed E-state index contributed by atoms with van der Waals surface area (Å²) in [4.78, 5) is 2.53. The molecule has 0 amide bonds. The minimum atomic E-state index is 0.930. The van der Waals surface area contributed by atoms with Crippen LogP contribution in [0.15, 0.2) is 36.5 Å². The van der Waals surface area contributed by atoms with Crippen molar-refractivity contribution in [2.24, 2.45) is 5.92 Å². The lowest BCUT2D eigenvalue weighted by Crippen LogP contribution is -2.32. The standard InChI is InChI=1S/C14H23N/c1-3-4-5-6-7-8-11-15-12-9-14(2)10-13-15/h3-8,14H,9-13H2,1-2H3/b4-3-,6-5-,8-7+. The zero-order valence-electron chi connectivity index (χ0n) is 10.0. The van der Waals surface area contributed by atoms with Crippen LogP contribution in [0.2, 0.25) is 0 Å². The summed E-state index contributed by atoms with van der Waals surface area (Å²) < 4.78 is 0. The van der Waals surface area contributed by atoms with Gasteiger partial charge >= 0.3 is 0 Å². The molecule has 0 bridgehead atoms. The molecule has 1 rings (SSSR count). The van der Waals surface area contributed by atoms with Gasteiger partial charge in [-0.25, -0.2) is 0 Å². The van der Waals surface area contributed by atoms with E-state index in [9.17, 15) is 0 Å². The Kier molecular flexibility index (Phi) is 6.10. The van der Waals surface area contributed by atoms with Crippen LogP contribution in [-0.2, 0) is 0 Å². The third kappa shape index (κ3) is 5.58. The molecule has 0 unspecified atom stereocenters. The quantitative estimate of drug-likeness (QED) is 0.636. The monoisotopic (exact) mass is 205 g/mol. The largest absolute Gasteiger partial charge is 0.300 e. The van der Waals surface area contributed by atoms with Crippen LogP contribution < -0.4 is 0 Å². The van der Waals surface area contributed by atoms with Crippen molar-refractivity contribution >= 4 is 0 Å². The molecule has 1 aliphatic rings. The molecule has 1 aliphatic heterocycles. The molecule has 0 aromatic rings. The molecule has 1 nitrogen and oxygen atoms in total. The van der Waals surface area contributed by atoms with Gasteiger partial charge in [-0.15, -0.1) is 0 Å². The molecule has 0 spiro atoms. The SMILES string of the molecule is C\C=C/C=C\C=C\CN1CCC(C)CC1. The van der Waals surface area contributed by atoms with Crippen LogP contribution in [0.1, 0.15) is 26.7 Å². The maximum atomic E-state index is 2.53. The molecule has 84 valence electrons. The fourth-order valence-corrected chi connectivity index (χ4v) is 1.77. The van der Waals surface area contributed by atoms with E-state index in [2.05, 4.69) is 36.1 Å². The lowest BCUT2D eigenvalue weighted by Gasteiger charge is -2.28. The Morgan fingerprint density at radius 3 is 2.40 bits per heavy atom. The van der Waals surface area contributed by atoms with Crippen molar-refractivity contribution in [2.45, 2.75) is 26.7 Å². The van der Waals surface area contributed by atoms with Crippen LogP contribution in [0.4, 0.5) is 0 Å². The van der Waals surface area contributed by atoms with Gasteiger partial charge in [0.25, 0.3) is 0 Å². The molecule has 0 saturated carbocycles. The van der Waals surface area contributed by atoms with Gasteiger partial charge in [-0.05, 0) is 38.8 Å². The van der Waals surface area contributed by atoms with Crippen LogP contribution in [0.25, 0.3) is 0 Å². The summed E-state index contributed by atoms with van der Waals surface area (Å²) in [6, 6.07) is 0. The maximum absolute atomic E-state index is 2.53. The van der Waals surface area contributed by atoms with Crippen LogP contribution in [-0.4, -0.2) is 24.5 Å². The highest BCUT2D eigenvalue weighted by molar-refractivity contribution is 5.10. The van der Waals surface area contributed by atoms with Crippen LogP contribution in [0, 0.1) is 5.92 Å². The summed E-state index contributed by atoms with van der Waals surface area (Å²) >= 11 is 0. The molecule has 0 aromatic heterocycles. The Bertz CT molecular complexity index is 230. The highest BCUT2D eigenvalue weighted by Crippen LogP contribution is 2.15. The molecular formula is C14H23N. The molecule has 1 fully saturated rings. The van der Waals surface area contributed by atoms with Crippen LogP contribution >= 0.6 is 0 Å². The number of allylic oxidation sites excluding steroid dienone is 5. The van der Waals surface area contributed by atoms with E-state index >= 15 is 0 Å². The predicted molar refractivity (Wildman–Crippen MR) is 67.9 cm³/mol. The first-order chi connectivity index (χ1) is 7.33. The summed E-state index contributed by atoms with van der Waals surface area (Å²) in [5, 5.41) is 0. The third-order valence-corrected chi connectivity index (χ3v) is 2.90. The summed E-state index contributed by atoms with van der Waals surface area (Å²) in [5.74, 6) is 0.930. The van der Waals surface area contributed by atoms with Gasteiger partial charge in [0.15, 0.2) is 0 Å². The highest BCUT2D eigenvalue weighted by Gasteiger charge is 2.13. The Hall–Kier alpha value is -0.820. The van der Waals surface area contributed by atoms with E-state index in [1.165, 1.54) is 25.9 Å². The van der Waals surface area contributed by atoms with E-state index in [-0.39, 0.29) is 0 Å². The van der Waals surface area contributed by atoms with E-state index in [4.69, 9.17) is 0 Å². The molecule has 1 heterocycles. The number of likely N-dealkylation sites (tertiary alicyclic amines) is 1. The lowest BCUT2D eigenvalue weighted by molar-refractivity contribution is 0.210. The molecular weight excluding hydrogens is 182 g/mol. The Balaban J connectivity index is 2.14. The Morgan fingerprint density at radius 2 is 1.73 bits per heavy atom. The van der Waals surface area contributed by atoms with Crippen molar-refractivity contribution in [2.75, 3.05) is 19.6 Å². The predicted octanol–water partition coefficient (Wildman–Crippen LogP) is 3.41. The number of piperidine rings is 1. The minimum absolute atomic E-state index is 0.930. The zero-order valence-corrected chi connectivity index (χ0v) is 10.0. The van der Waals surface area contributed by atoms with E-state index in [1.807, 2.05) is 19.1 Å². The van der Waals surface area contributed by atoms with Gasteiger partial charge in [0, 0.05) is 6.54 Å². The van der Waals surface area contributed by atoms with Gasteiger partial charge in [-0.1, -0.05) is 43.4 Å². The number of nitrogens with zero attached hydrogens (tertiary/aromatic N) is 1. The number of hydrogen-bond acceptors (Lipinski definition) is 1. The molecule has 0 atom stereocenters. The fourth-order valence-electron chi connectivity index (χ4n) is 1.77. The van der Waals surface area contributed by atoms with E-state index in [0.29, 0.717) is 0 Å². The van der Waals surface area contributed by atoms with Gasteiger partial charge in [0.1, 0.15) is 0 Å². The Labute approximate surface area is 94.2 Å². The van der Waals surface area contributed by atoms with Crippen molar-refractivity contribution in [3.05, 3.63) is 36.5 Å². The van der Waals surface area contributed by atoms with E-state index in [0.717, 1.165) is 12.5 Å². The van der Waals surface area contributed by atoms with E-state index in [1.54, 1.807) is 0 Å². The molecule has 0 radical (unpaired) electrons. The first-order valence-corrected chi connectivity index (χ1v) is 5.99. The number of rotatable bonds is 4. The molecule has 1 heteroatoms. The number of hydrogen-bond donors (Lipinski definition) is 0. The van der Waals surface area contributed by atoms with Crippen molar-refractivity contribution in [1.29, 1.82) is 0 Å². The van der Waals surface area contributed by atoms with Crippen molar-refractivity contribution in [1.82, 2.24) is 4.90 Å². The minimum Gasteiger partial charge on any atom is -0.300 e. The van der Waals surface area contributed by atoms with Gasteiger partial charge in [0.05, 0.1) is 0 Å². The van der Waals surface area contributed by atoms with Crippen molar-refractivity contribution in [3.8, 4) is 0 Å². The normalized spacial score (nSPS) is 21.2. The first-order valence-electron chi connectivity index (χ1n) is 5.99. The highest BCUT2D eigenvalue weighted by atomic mass is 15.1. The molecule has 0 N–H and O–H groups in total. The van der Waals surface area contributed by atoms with Gasteiger partial charge in [0.2, 0.25) is 0 Å². The second-order valence-corrected chi connectivity index (χ2v) is 4.32. The summed E-state index contributed by atoms with van der Waals surface area (Å²) in [6.07, 6.45) is 15.4. The second kappa shape index (κ2) is 7.47. The molecule has 0 aliphatic carbocycles. The average Bonchev–Trinajstić information content (AvgIpc) is 2.26. The summed E-state index contributed by atoms with van der Waals surface area (Å²) in [5.41, 5.74) is 0. The summed E-state index contributed by atoms with van der Waals surface area (Å²) in [7, 11) is 0. The topological polar surface area (TPSA) is 3.24 Å². The summed E-state index contributed by atoms with van der Waals surface area (Å²) in [6.45, 7) is 8.02. The van der Waals surface area contributed by atoms with Crippen molar-refractivity contribution < 1.29 is 0 Å². The molecule has 0 aromatic carbocycles. The van der Waals surface area contributed by atoms with Gasteiger partial charge in [-0.2, -0.15) is 0 Å². The lowest BCUT2D eigenvalue weighted by atomic mass is 9.99. The third-order valence-electron chi connectivity index (χ3n) is 2.90. The first kappa shape index (κ1) is 12.3. The fraction of sp³-hybridized carbons (Fsp3) is 0.571. The Morgan fingerprint density at radius 1 is 1.07 bits per heavy atom. The molecule has 15 heavy (non-hydrogen) atoms. The maximum Gasteiger partial charge on any atom is 0.0166 e.